The highest BCUT2D eigenvalue weighted by atomic mass is 16.5. The Kier molecular flexibility index (Phi) is 3.91. The summed E-state index contributed by atoms with van der Waals surface area (Å²) < 4.78 is 10.6. The van der Waals surface area contributed by atoms with Crippen LogP contribution >= 0.6 is 0 Å². The van der Waals surface area contributed by atoms with Gasteiger partial charge in [-0.2, -0.15) is 0 Å². The van der Waals surface area contributed by atoms with Gasteiger partial charge in [0.05, 0.1) is 24.5 Å². The molecule has 1 aliphatic heterocycles. The smallest absolute Gasteiger partial charge is 0.256 e. The first-order valence-electron chi connectivity index (χ1n) is 5.98. The Hall–Kier alpha value is -1.20. The SMILES string of the molecule is CCCC(OC)c1nc2c(c(=O)[nH]1)COCC2. The maximum absolute atomic E-state index is 11.9. The van der Waals surface area contributed by atoms with Gasteiger partial charge in [0, 0.05) is 13.5 Å². The number of fused-ring (bicyclic) bond motifs is 1. The van der Waals surface area contributed by atoms with Crippen LogP contribution in [-0.4, -0.2) is 23.7 Å². The van der Waals surface area contributed by atoms with Gasteiger partial charge in [0.25, 0.3) is 5.56 Å². The molecule has 0 saturated carbocycles. The van der Waals surface area contributed by atoms with Crippen molar-refractivity contribution in [3.8, 4) is 0 Å². The first-order valence-corrected chi connectivity index (χ1v) is 5.98. The molecule has 1 aliphatic rings. The van der Waals surface area contributed by atoms with Crippen molar-refractivity contribution in [2.45, 2.75) is 38.9 Å². The lowest BCUT2D eigenvalue weighted by molar-refractivity contribution is 0.0842. The highest BCUT2D eigenvalue weighted by Crippen LogP contribution is 2.19. The molecule has 0 fully saturated rings. The van der Waals surface area contributed by atoms with E-state index in [0.29, 0.717) is 31.0 Å². The lowest BCUT2D eigenvalue weighted by Gasteiger charge is -2.18. The summed E-state index contributed by atoms with van der Waals surface area (Å²) in [4.78, 5) is 19.2. The molecule has 0 radical (unpaired) electrons. The van der Waals surface area contributed by atoms with Gasteiger partial charge in [-0.05, 0) is 6.42 Å². The molecule has 2 rings (SSSR count). The number of aromatic nitrogens is 2. The van der Waals surface area contributed by atoms with Crippen LogP contribution in [0.15, 0.2) is 4.79 Å². The molecule has 2 heterocycles. The van der Waals surface area contributed by atoms with Crippen LogP contribution in [0.5, 0.6) is 0 Å². The molecule has 0 spiro atoms. The first-order chi connectivity index (χ1) is 8.26. The van der Waals surface area contributed by atoms with Crippen molar-refractivity contribution < 1.29 is 9.47 Å². The first kappa shape index (κ1) is 12.3. The monoisotopic (exact) mass is 238 g/mol. The second-order valence-corrected chi connectivity index (χ2v) is 4.19. The summed E-state index contributed by atoms with van der Waals surface area (Å²) in [6.07, 6.45) is 2.42. The van der Waals surface area contributed by atoms with Crippen LogP contribution in [0, 0.1) is 0 Å². The topological polar surface area (TPSA) is 64.2 Å². The molecular weight excluding hydrogens is 220 g/mol. The average Bonchev–Trinajstić information content (AvgIpc) is 2.36. The van der Waals surface area contributed by atoms with Crippen LogP contribution in [0.2, 0.25) is 0 Å². The third kappa shape index (κ3) is 2.56. The standard InChI is InChI=1S/C12H18N2O3/c1-3-4-10(16-2)11-13-9-5-6-17-7-8(9)12(15)14-11/h10H,3-7H2,1-2H3,(H,13,14,15). The number of aromatic amines is 1. The van der Waals surface area contributed by atoms with Crippen molar-refractivity contribution >= 4 is 0 Å². The van der Waals surface area contributed by atoms with E-state index in [1.165, 1.54) is 0 Å². The zero-order valence-corrected chi connectivity index (χ0v) is 10.3. The van der Waals surface area contributed by atoms with Crippen LogP contribution in [0.1, 0.15) is 43.0 Å². The average molecular weight is 238 g/mol. The van der Waals surface area contributed by atoms with Crippen LogP contribution in [0.3, 0.4) is 0 Å². The Morgan fingerprint density at radius 2 is 2.41 bits per heavy atom. The number of hydrogen-bond acceptors (Lipinski definition) is 4. The summed E-state index contributed by atoms with van der Waals surface area (Å²) >= 11 is 0. The van der Waals surface area contributed by atoms with E-state index in [9.17, 15) is 4.79 Å². The molecule has 0 saturated heterocycles. The van der Waals surface area contributed by atoms with Crippen LogP contribution in [0.25, 0.3) is 0 Å². The van der Waals surface area contributed by atoms with E-state index in [0.717, 1.165) is 18.5 Å². The molecule has 5 nitrogen and oxygen atoms in total. The Morgan fingerprint density at radius 3 is 3.12 bits per heavy atom. The Labute approximate surface area is 100 Å². The minimum atomic E-state index is -0.124. The fraction of sp³-hybridized carbons (Fsp3) is 0.667. The van der Waals surface area contributed by atoms with E-state index >= 15 is 0 Å². The molecular formula is C12H18N2O3. The molecule has 1 unspecified atom stereocenters. The highest BCUT2D eigenvalue weighted by molar-refractivity contribution is 5.19. The predicted molar refractivity (Wildman–Crippen MR) is 62.9 cm³/mol. The zero-order valence-electron chi connectivity index (χ0n) is 10.3. The molecule has 0 aromatic carbocycles. The van der Waals surface area contributed by atoms with E-state index in [1.807, 2.05) is 0 Å². The largest absolute Gasteiger partial charge is 0.376 e. The van der Waals surface area contributed by atoms with E-state index < -0.39 is 0 Å². The number of nitrogens with zero attached hydrogens (tertiary/aromatic N) is 1. The molecule has 1 aromatic rings. The Balaban J connectivity index is 2.36. The number of rotatable bonds is 4. The van der Waals surface area contributed by atoms with E-state index in [4.69, 9.17) is 9.47 Å². The highest BCUT2D eigenvalue weighted by Gasteiger charge is 2.19. The van der Waals surface area contributed by atoms with E-state index in [2.05, 4.69) is 16.9 Å². The third-order valence-corrected chi connectivity index (χ3v) is 2.99. The minimum absolute atomic E-state index is 0.0946. The maximum Gasteiger partial charge on any atom is 0.256 e. The van der Waals surface area contributed by atoms with Gasteiger partial charge in [0.1, 0.15) is 11.9 Å². The van der Waals surface area contributed by atoms with Crippen molar-refractivity contribution in [2.75, 3.05) is 13.7 Å². The van der Waals surface area contributed by atoms with Gasteiger partial charge in [0.2, 0.25) is 0 Å². The van der Waals surface area contributed by atoms with Gasteiger partial charge in [-0.1, -0.05) is 13.3 Å². The van der Waals surface area contributed by atoms with Crippen LogP contribution in [-0.2, 0) is 22.5 Å². The number of ether oxygens (including phenoxy) is 2. The second kappa shape index (κ2) is 5.42. The molecule has 5 heteroatoms. The molecule has 0 amide bonds. The molecule has 94 valence electrons. The number of methoxy groups -OCH3 is 1. The van der Waals surface area contributed by atoms with Crippen molar-refractivity contribution in [3.05, 3.63) is 27.4 Å². The quantitative estimate of drug-likeness (QED) is 0.859. The maximum atomic E-state index is 11.9. The molecule has 1 aromatic heterocycles. The fourth-order valence-corrected chi connectivity index (χ4v) is 2.04. The number of H-pyrrole nitrogens is 1. The van der Waals surface area contributed by atoms with Gasteiger partial charge in [-0.25, -0.2) is 4.98 Å². The summed E-state index contributed by atoms with van der Waals surface area (Å²) in [5.74, 6) is 0.639. The third-order valence-electron chi connectivity index (χ3n) is 2.99. The molecule has 1 atom stereocenters. The Bertz CT molecular complexity index is 442. The van der Waals surface area contributed by atoms with Gasteiger partial charge in [-0.3, -0.25) is 4.79 Å². The molecule has 17 heavy (non-hydrogen) atoms. The molecule has 0 aliphatic carbocycles. The zero-order chi connectivity index (χ0) is 12.3. The second-order valence-electron chi connectivity index (χ2n) is 4.19. The summed E-state index contributed by atoms with van der Waals surface area (Å²) in [6, 6.07) is 0. The Morgan fingerprint density at radius 1 is 1.59 bits per heavy atom. The lowest BCUT2D eigenvalue weighted by atomic mass is 10.1. The molecule has 0 bridgehead atoms. The van der Waals surface area contributed by atoms with Crippen molar-refractivity contribution in [3.63, 3.8) is 0 Å². The summed E-state index contributed by atoms with van der Waals surface area (Å²) in [5, 5.41) is 0. The van der Waals surface area contributed by atoms with Gasteiger partial charge >= 0.3 is 0 Å². The molecule has 1 N–H and O–H groups in total. The van der Waals surface area contributed by atoms with Crippen molar-refractivity contribution in [2.24, 2.45) is 0 Å². The van der Waals surface area contributed by atoms with Gasteiger partial charge < -0.3 is 14.5 Å². The summed E-state index contributed by atoms with van der Waals surface area (Å²) in [6.45, 7) is 3.08. The van der Waals surface area contributed by atoms with E-state index in [-0.39, 0.29) is 11.7 Å². The van der Waals surface area contributed by atoms with Crippen molar-refractivity contribution in [1.82, 2.24) is 9.97 Å². The number of hydrogen-bond donors (Lipinski definition) is 1. The van der Waals surface area contributed by atoms with Gasteiger partial charge in [-0.15, -0.1) is 0 Å². The summed E-state index contributed by atoms with van der Waals surface area (Å²) in [7, 11) is 1.64. The van der Waals surface area contributed by atoms with E-state index in [1.54, 1.807) is 7.11 Å². The van der Waals surface area contributed by atoms with Crippen LogP contribution in [0.4, 0.5) is 0 Å². The lowest BCUT2D eigenvalue weighted by Crippen LogP contribution is -2.26. The fourth-order valence-electron chi connectivity index (χ4n) is 2.04. The van der Waals surface area contributed by atoms with Gasteiger partial charge in [0.15, 0.2) is 0 Å². The normalized spacial score (nSPS) is 16.6. The van der Waals surface area contributed by atoms with Crippen LogP contribution < -0.4 is 5.56 Å². The number of nitrogens with one attached hydrogen (secondary N) is 1. The summed E-state index contributed by atoms with van der Waals surface area (Å²) in [5.41, 5.74) is 1.42. The van der Waals surface area contributed by atoms with Crippen molar-refractivity contribution in [1.29, 1.82) is 0 Å². The predicted octanol–water partition coefficient (Wildman–Crippen LogP) is 1.33. The minimum Gasteiger partial charge on any atom is -0.376 e.